The SMILES string of the molecule is C/C=C1\CC[C@@H](N)C12CCN(C(C)C)CC2.CC(C)N1CCC2(CC1)CCC1(COC1)[C@H]2N.CC(C)N1CCC2(CC1)COC1(CC1)[C@H]2N. The van der Waals surface area contributed by atoms with Crippen LogP contribution in [0, 0.1) is 21.7 Å². The first-order valence-electron chi connectivity index (χ1n) is 20.6. The van der Waals surface area contributed by atoms with Gasteiger partial charge in [0.15, 0.2) is 0 Å². The molecule has 282 valence electrons. The summed E-state index contributed by atoms with van der Waals surface area (Å²) in [6.07, 6.45) is 17.4. The van der Waals surface area contributed by atoms with Crippen molar-refractivity contribution < 1.29 is 9.47 Å². The summed E-state index contributed by atoms with van der Waals surface area (Å²) in [7, 11) is 0. The lowest BCUT2D eigenvalue weighted by atomic mass is 9.68. The lowest BCUT2D eigenvalue weighted by Crippen LogP contribution is -2.59. The number of nitrogens with zero attached hydrogens (tertiary/aromatic N) is 3. The Bertz CT molecular complexity index is 1120. The summed E-state index contributed by atoms with van der Waals surface area (Å²) in [4.78, 5) is 7.75. The molecule has 6 N–H and O–H groups in total. The lowest BCUT2D eigenvalue weighted by Gasteiger charge is -2.49. The van der Waals surface area contributed by atoms with E-state index in [1.807, 2.05) is 0 Å². The third-order valence-corrected chi connectivity index (χ3v) is 15.7. The zero-order chi connectivity index (χ0) is 35.2. The molecule has 0 unspecified atom stereocenters. The number of hydrogen-bond acceptors (Lipinski definition) is 8. The van der Waals surface area contributed by atoms with E-state index in [1.54, 1.807) is 5.57 Å². The van der Waals surface area contributed by atoms with Crippen molar-refractivity contribution in [3.05, 3.63) is 11.6 Å². The van der Waals surface area contributed by atoms with Gasteiger partial charge in [-0.25, -0.2) is 0 Å². The highest BCUT2D eigenvalue weighted by atomic mass is 16.5. The minimum Gasteiger partial charge on any atom is -0.380 e. The van der Waals surface area contributed by atoms with Gasteiger partial charge in [0.25, 0.3) is 0 Å². The molecule has 0 aromatic rings. The van der Waals surface area contributed by atoms with E-state index in [-0.39, 0.29) is 5.60 Å². The fourth-order valence-corrected chi connectivity index (χ4v) is 11.4. The summed E-state index contributed by atoms with van der Waals surface area (Å²) < 4.78 is 11.4. The first kappa shape index (κ1) is 38.2. The van der Waals surface area contributed by atoms with Crippen LogP contribution in [0.5, 0.6) is 0 Å². The maximum absolute atomic E-state index is 6.61. The number of ether oxygens (including phenoxy) is 2. The molecule has 8 rings (SSSR count). The van der Waals surface area contributed by atoms with Gasteiger partial charge < -0.3 is 41.4 Å². The minimum absolute atomic E-state index is 0.111. The van der Waals surface area contributed by atoms with Crippen LogP contribution in [0.15, 0.2) is 11.6 Å². The first-order valence-corrected chi connectivity index (χ1v) is 20.6. The number of likely N-dealkylation sites (tertiary alicyclic amines) is 3. The van der Waals surface area contributed by atoms with Crippen LogP contribution in [0.25, 0.3) is 0 Å². The molecule has 0 radical (unpaired) electrons. The highest BCUT2D eigenvalue weighted by Gasteiger charge is 2.63. The van der Waals surface area contributed by atoms with Crippen molar-refractivity contribution in [1.82, 2.24) is 14.7 Å². The topological polar surface area (TPSA) is 106 Å². The quantitative estimate of drug-likeness (QED) is 0.334. The van der Waals surface area contributed by atoms with E-state index < -0.39 is 0 Å². The van der Waals surface area contributed by atoms with Crippen LogP contribution in [0.1, 0.15) is 126 Å². The molecule has 8 heteroatoms. The van der Waals surface area contributed by atoms with Crippen LogP contribution in [0.3, 0.4) is 0 Å². The Kier molecular flexibility index (Phi) is 11.4. The Morgan fingerprint density at radius 2 is 1.06 bits per heavy atom. The number of allylic oxidation sites excluding steroid dienone is 1. The monoisotopic (exact) mass is 685 g/mol. The highest BCUT2D eigenvalue weighted by Crippen LogP contribution is 2.57. The van der Waals surface area contributed by atoms with Crippen molar-refractivity contribution in [2.24, 2.45) is 38.9 Å². The fourth-order valence-electron chi connectivity index (χ4n) is 11.4. The molecule has 5 spiro atoms. The van der Waals surface area contributed by atoms with Gasteiger partial charge in [0.05, 0.1) is 25.4 Å². The Labute approximate surface area is 300 Å². The molecule has 8 aliphatic rings. The van der Waals surface area contributed by atoms with E-state index in [0.717, 1.165) is 19.8 Å². The minimum atomic E-state index is 0.111. The number of nitrogens with two attached hydrogens (primary N) is 3. The number of rotatable bonds is 3. The zero-order valence-electron chi connectivity index (χ0n) is 32.8. The maximum Gasteiger partial charge on any atom is 0.0841 e. The molecule has 0 aromatic heterocycles. The molecule has 0 bridgehead atoms. The van der Waals surface area contributed by atoms with Crippen LogP contribution in [-0.2, 0) is 9.47 Å². The van der Waals surface area contributed by atoms with E-state index in [1.165, 1.54) is 116 Å². The summed E-state index contributed by atoms with van der Waals surface area (Å²) in [6.45, 7) is 26.0. The predicted molar refractivity (Wildman–Crippen MR) is 202 cm³/mol. The van der Waals surface area contributed by atoms with E-state index >= 15 is 0 Å². The van der Waals surface area contributed by atoms with E-state index in [9.17, 15) is 0 Å². The average molecular weight is 685 g/mol. The van der Waals surface area contributed by atoms with Crippen molar-refractivity contribution >= 4 is 0 Å². The molecule has 3 atom stereocenters. The van der Waals surface area contributed by atoms with Crippen molar-refractivity contribution in [2.75, 3.05) is 59.1 Å². The van der Waals surface area contributed by atoms with Crippen LogP contribution >= 0.6 is 0 Å². The Hall–Kier alpha value is -0.580. The van der Waals surface area contributed by atoms with Gasteiger partial charge >= 0.3 is 0 Å². The second-order valence-corrected chi connectivity index (χ2v) is 18.9. The maximum atomic E-state index is 6.61. The normalized spacial score (nSPS) is 35.0. The molecule has 0 aromatic carbocycles. The van der Waals surface area contributed by atoms with E-state index in [0.29, 0.717) is 57.9 Å². The molecule has 5 saturated heterocycles. The molecule has 3 aliphatic carbocycles. The Balaban J connectivity index is 0.000000128. The summed E-state index contributed by atoms with van der Waals surface area (Å²) in [6, 6.07) is 3.14. The van der Waals surface area contributed by atoms with Crippen molar-refractivity contribution in [2.45, 2.75) is 167 Å². The summed E-state index contributed by atoms with van der Waals surface area (Å²) >= 11 is 0. The molecule has 5 aliphatic heterocycles. The van der Waals surface area contributed by atoms with Gasteiger partial charge in [-0.1, -0.05) is 11.6 Å². The molecule has 49 heavy (non-hydrogen) atoms. The summed E-state index contributed by atoms with van der Waals surface area (Å²) in [5.74, 6) is 0. The van der Waals surface area contributed by atoms with Crippen molar-refractivity contribution in [1.29, 1.82) is 0 Å². The largest absolute Gasteiger partial charge is 0.380 e. The second kappa shape index (κ2) is 14.7. The molecule has 5 heterocycles. The fraction of sp³-hybridized carbons (Fsp3) is 0.951. The predicted octanol–water partition coefficient (Wildman–Crippen LogP) is 5.53. The Morgan fingerprint density at radius 1 is 0.592 bits per heavy atom. The number of hydrogen-bond donors (Lipinski definition) is 3. The average Bonchev–Trinajstić information content (AvgIpc) is 3.67. The molecule has 0 amide bonds. The molecular formula is C41H76N6O2. The van der Waals surface area contributed by atoms with Gasteiger partial charge in [-0.15, -0.1) is 0 Å². The molecular weight excluding hydrogens is 608 g/mol. The van der Waals surface area contributed by atoms with Gasteiger partial charge in [-0.2, -0.15) is 0 Å². The smallest absolute Gasteiger partial charge is 0.0841 e. The third kappa shape index (κ3) is 7.10. The highest BCUT2D eigenvalue weighted by molar-refractivity contribution is 5.24. The second-order valence-electron chi connectivity index (χ2n) is 18.9. The van der Waals surface area contributed by atoms with Crippen LogP contribution < -0.4 is 17.2 Å². The summed E-state index contributed by atoms with van der Waals surface area (Å²) in [5.41, 5.74) is 22.7. The van der Waals surface area contributed by atoms with Crippen LogP contribution in [0.4, 0.5) is 0 Å². The molecule has 8 nitrogen and oxygen atoms in total. The first-order chi connectivity index (χ1) is 23.3. The molecule has 8 fully saturated rings. The van der Waals surface area contributed by atoms with Crippen LogP contribution in [0.2, 0.25) is 0 Å². The lowest BCUT2D eigenvalue weighted by molar-refractivity contribution is -0.127. The van der Waals surface area contributed by atoms with Gasteiger partial charge in [0.2, 0.25) is 0 Å². The van der Waals surface area contributed by atoms with E-state index in [4.69, 9.17) is 26.7 Å². The molecule has 3 saturated carbocycles. The van der Waals surface area contributed by atoms with Gasteiger partial charge in [-0.3, -0.25) is 0 Å². The third-order valence-electron chi connectivity index (χ3n) is 15.7. The summed E-state index contributed by atoms with van der Waals surface area (Å²) in [5, 5.41) is 0. The van der Waals surface area contributed by atoms with Crippen molar-refractivity contribution in [3.8, 4) is 0 Å². The standard InChI is InChI=1S/C14H26N2O.C14H26N2.C13H24N2O/c1-11(2)16-7-5-13(6-8-16)3-4-14(12(13)15)9-17-10-14;1-4-12-5-6-13(15)14(12)7-9-16(10-8-14)11(2)3;1-10(2)15-7-5-12(6-8-15)9-16-13(3-4-13)11(12)14/h11-12H,3-10,15H2,1-2H3;4,11,13H,5-10,15H2,1-3H3;10-11H,3-9,14H2,1-2H3/b;12-4+;/t12-;13-;11-/m010/s1. The van der Waals surface area contributed by atoms with Crippen LogP contribution in [-0.4, -0.2) is 116 Å². The zero-order valence-corrected chi connectivity index (χ0v) is 32.8. The van der Waals surface area contributed by atoms with Gasteiger partial charge in [-0.05, 0) is 170 Å². The van der Waals surface area contributed by atoms with Gasteiger partial charge in [0.1, 0.15) is 0 Å². The van der Waals surface area contributed by atoms with Gasteiger partial charge in [0, 0.05) is 52.5 Å². The number of piperidine rings is 3. The van der Waals surface area contributed by atoms with E-state index in [2.05, 4.69) is 69.2 Å². The Morgan fingerprint density at radius 3 is 1.45 bits per heavy atom. The van der Waals surface area contributed by atoms with Crippen molar-refractivity contribution in [3.63, 3.8) is 0 Å².